The van der Waals surface area contributed by atoms with Crippen LogP contribution in [0.3, 0.4) is 0 Å². The molecule has 2 atom stereocenters. The van der Waals surface area contributed by atoms with Crippen molar-refractivity contribution in [1.29, 1.82) is 0 Å². The summed E-state index contributed by atoms with van der Waals surface area (Å²) in [5.41, 5.74) is 0.788. The summed E-state index contributed by atoms with van der Waals surface area (Å²) in [7, 11) is -0.145. The van der Waals surface area contributed by atoms with E-state index in [4.69, 9.17) is 9.31 Å². The molecule has 108 valence electrons. The maximum Gasteiger partial charge on any atom is 0.463 e. The van der Waals surface area contributed by atoms with Gasteiger partial charge >= 0.3 is 7.12 Å². The lowest BCUT2D eigenvalue weighted by molar-refractivity contribution is 0.00578. The van der Waals surface area contributed by atoms with Crippen molar-refractivity contribution in [2.75, 3.05) is 13.1 Å². The number of nitrogens with zero attached hydrogens (tertiary/aromatic N) is 1. The molecule has 0 bridgehead atoms. The van der Waals surface area contributed by atoms with Crippen LogP contribution in [0.25, 0.3) is 0 Å². The van der Waals surface area contributed by atoms with E-state index >= 15 is 0 Å². The van der Waals surface area contributed by atoms with E-state index in [1.54, 1.807) is 0 Å². The van der Waals surface area contributed by atoms with Gasteiger partial charge in [0, 0.05) is 24.8 Å². The third-order valence-electron chi connectivity index (χ3n) is 5.02. The average molecular weight is 274 g/mol. The first-order chi connectivity index (χ1) is 9.41. The van der Waals surface area contributed by atoms with E-state index in [0.717, 1.165) is 13.1 Å². The number of hydrogen-bond acceptors (Lipinski definition) is 4. The Kier molecular flexibility index (Phi) is 3.39. The van der Waals surface area contributed by atoms with Crippen LogP contribution in [0, 0.1) is 0 Å². The molecule has 0 aromatic carbocycles. The second-order valence-electron chi connectivity index (χ2n) is 6.83. The number of aromatic nitrogens is 1. The highest BCUT2D eigenvalue weighted by Gasteiger charge is 2.55. The highest BCUT2D eigenvalue weighted by atomic mass is 16.7. The second-order valence-corrected chi connectivity index (χ2v) is 6.83. The van der Waals surface area contributed by atoms with E-state index in [0.29, 0.717) is 11.7 Å². The van der Waals surface area contributed by atoms with Gasteiger partial charge in [0.15, 0.2) is 0 Å². The largest absolute Gasteiger partial charge is 0.463 e. The minimum Gasteiger partial charge on any atom is -0.403 e. The molecule has 3 heterocycles. The molecule has 0 amide bonds. The van der Waals surface area contributed by atoms with Gasteiger partial charge in [0.2, 0.25) is 0 Å². The first-order valence-corrected chi connectivity index (χ1v) is 7.37. The maximum atomic E-state index is 6.22. The van der Waals surface area contributed by atoms with Crippen LogP contribution in [-0.2, 0) is 9.31 Å². The zero-order valence-electron chi connectivity index (χ0n) is 12.7. The summed E-state index contributed by atoms with van der Waals surface area (Å²) in [6.07, 6.45) is 3.71. The highest BCUT2D eigenvalue weighted by Crippen LogP contribution is 2.44. The van der Waals surface area contributed by atoms with Gasteiger partial charge in [-0.05, 0) is 57.9 Å². The summed E-state index contributed by atoms with van der Waals surface area (Å²) in [5.74, 6) is 0.770. The van der Waals surface area contributed by atoms with Crippen molar-refractivity contribution in [3.05, 3.63) is 30.1 Å². The fourth-order valence-corrected chi connectivity index (χ4v) is 3.02. The predicted octanol–water partition coefficient (Wildman–Crippen LogP) is 2.23. The Morgan fingerprint density at radius 1 is 1.10 bits per heavy atom. The molecule has 2 aliphatic rings. The fraction of sp³-hybridized carbons (Fsp3) is 0.667. The van der Waals surface area contributed by atoms with Crippen LogP contribution in [0.4, 0.5) is 0 Å². The van der Waals surface area contributed by atoms with Crippen LogP contribution in [-0.4, -0.2) is 36.4 Å². The van der Waals surface area contributed by atoms with Crippen LogP contribution < -0.4 is 5.32 Å². The van der Waals surface area contributed by atoms with Gasteiger partial charge in [-0.3, -0.25) is 4.98 Å². The molecule has 1 aromatic rings. The van der Waals surface area contributed by atoms with Crippen LogP contribution in [0.2, 0.25) is 5.82 Å². The Labute approximate surface area is 121 Å². The lowest BCUT2D eigenvalue weighted by atomic mass is 9.65. The van der Waals surface area contributed by atoms with Crippen molar-refractivity contribution in [2.45, 2.75) is 50.6 Å². The van der Waals surface area contributed by atoms with E-state index in [9.17, 15) is 0 Å². The van der Waals surface area contributed by atoms with Crippen molar-refractivity contribution >= 4 is 7.12 Å². The molecule has 5 heteroatoms. The van der Waals surface area contributed by atoms with Gasteiger partial charge in [0.05, 0.1) is 11.2 Å². The van der Waals surface area contributed by atoms with Gasteiger partial charge in [-0.2, -0.15) is 0 Å². The monoisotopic (exact) mass is 274 g/mol. The molecule has 2 fully saturated rings. The zero-order chi connectivity index (χ0) is 14.4. The predicted molar refractivity (Wildman–Crippen MR) is 79.7 cm³/mol. The molecular formula is C15H23BN2O2. The van der Waals surface area contributed by atoms with Gasteiger partial charge in [-0.15, -0.1) is 0 Å². The van der Waals surface area contributed by atoms with E-state index in [1.807, 2.05) is 12.4 Å². The minimum absolute atomic E-state index is 0.145. The van der Waals surface area contributed by atoms with Crippen molar-refractivity contribution in [2.24, 2.45) is 0 Å². The molecule has 2 aliphatic heterocycles. The van der Waals surface area contributed by atoms with Crippen molar-refractivity contribution in [3.63, 3.8) is 0 Å². The van der Waals surface area contributed by atoms with E-state index in [-0.39, 0.29) is 18.3 Å². The SMILES string of the molecule is CC1(C)OB(C2CNCC2c2ccncc2)OC1(C)C. The summed E-state index contributed by atoms with van der Waals surface area (Å²) in [6.45, 7) is 10.3. The minimum atomic E-state index is -0.261. The fourth-order valence-electron chi connectivity index (χ4n) is 3.02. The molecule has 2 unspecified atom stereocenters. The standard InChI is InChI=1S/C15H23BN2O2/c1-14(2)15(3,4)20-16(19-14)13-10-18-9-12(13)11-5-7-17-8-6-11/h5-8,12-13,18H,9-10H2,1-4H3. The van der Waals surface area contributed by atoms with Gasteiger partial charge in [-0.25, -0.2) is 0 Å². The van der Waals surface area contributed by atoms with Crippen molar-refractivity contribution < 1.29 is 9.31 Å². The van der Waals surface area contributed by atoms with E-state index < -0.39 is 0 Å². The summed E-state index contributed by atoms with van der Waals surface area (Å²) in [6, 6.07) is 4.19. The molecule has 4 nitrogen and oxygen atoms in total. The third-order valence-corrected chi connectivity index (χ3v) is 5.02. The van der Waals surface area contributed by atoms with Crippen molar-refractivity contribution in [1.82, 2.24) is 10.3 Å². The van der Waals surface area contributed by atoms with Gasteiger partial charge < -0.3 is 14.6 Å². The van der Waals surface area contributed by atoms with Crippen LogP contribution in [0.1, 0.15) is 39.2 Å². The molecule has 2 saturated heterocycles. The molecule has 0 saturated carbocycles. The topological polar surface area (TPSA) is 43.4 Å². The molecule has 20 heavy (non-hydrogen) atoms. The lowest BCUT2D eigenvalue weighted by Crippen LogP contribution is -2.41. The number of hydrogen-bond donors (Lipinski definition) is 1. The first-order valence-electron chi connectivity index (χ1n) is 7.37. The van der Waals surface area contributed by atoms with Crippen LogP contribution in [0.15, 0.2) is 24.5 Å². The molecule has 1 aromatic heterocycles. The smallest absolute Gasteiger partial charge is 0.403 e. The quantitative estimate of drug-likeness (QED) is 0.840. The Hall–Kier alpha value is -0.905. The van der Waals surface area contributed by atoms with Crippen LogP contribution in [0.5, 0.6) is 0 Å². The molecule has 3 rings (SSSR count). The molecule has 1 N–H and O–H groups in total. The first kappa shape index (κ1) is 14.0. The second kappa shape index (κ2) is 4.83. The van der Waals surface area contributed by atoms with Crippen LogP contribution >= 0.6 is 0 Å². The molecule has 0 radical (unpaired) electrons. The lowest BCUT2D eigenvalue weighted by Gasteiger charge is -2.32. The molecule has 0 aliphatic carbocycles. The van der Waals surface area contributed by atoms with Gasteiger partial charge in [0.25, 0.3) is 0 Å². The van der Waals surface area contributed by atoms with Crippen molar-refractivity contribution in [3.8, 4) is 0 Å². The summed E-state index contributed by atoms with van der Waals surface area (Å²) in [4.78, 5) is 4.10. The van der Waals surface area contributed by atoms with E-state index in [2.05, 4.69) is 50.1 Å². The summed E-state index contributed by atoms with van der Waals surface area (Å²) in [5, 5.41) is 3.47. The number of pyridine rings is 1. The maximum absolute atomic E-state index is 6.22. The third kappa shape index (κ3) is 2.28. The summed E-state index contributed by atoms with van der Waals surface area (Å²) >= 11 is 0. The normalized spacial score (nSPS) is 31.7. The average Bonchev–Trinajstić information content (AvgIpc) is 2.94. The highest BCUT2D eigenvalue weighted by molar-refractivity contribution is 6.48. The zero-order valence-corrected chi connectivity index (χ0v) is 12.7. The van der Waals surface area contributed by atoms with E-state index in [1.165, 1.54) is 5.56 Å². The number of rotatable bonds is 2. The number of nitrogens with one attached hydrogen (secondary N) is 1. The molecule has 0 spiro atoms. The summed E-state index contributed by atoms with van der Waals surface area (Å²) < 4.78 is 12.4. The van der Waals surface area contributed by atoms with Gasteiger partial charge in [-0.1, -0.05) is 0 Å². The Balaban J connectivity index is 1.81. The Bertz CT molecular complexity index is 462. The Morgan fingerprint density at radius 3 is 2.30 bits per heavy atom. The molecular weight excluding hydrogens is 251 g/mol. The van der Waals surface area contributed by atoms with Gasteiger partial charge in [0.1, 0.15) is 0 Å². The Morgan fingerprint density at radius 2 is 1.70 bits per heavy atom.